The predicted octanol–water partition coefficient (Wildman–Crippen LogP) is 2.16. The van der Waals surface area contributed by atoms with E-state index in [-0.39, 0.29) is 17.6 Å². The fourth-order valence-corrected chi connectivity index (χ4v) is 4.99. The van der Waals surface area contributed by atoms with Crippen molar-refractivity contribution in [1.29, 1.82) is 0 Å². The first-order valence-corrected chi connectivity index (χ1v) is 10.6. The average Bonchev–Trinajstić information content (AvgIpc) is 3.10. The maximum absolute atomic E-state index is 12.6. The van der Waals surface area contributed by atoms with Crippen LogP contribution in [0.1, 0.15) is 24.5 Å². The van der Waals surface area contributed by atoms with Gasteiger partial charge in [0.05, 0.1) is 18.1 Å². The summed E-state index contributed by atoms with van der Waals surface area (Å²) in [5.41, 5.74) is 8.98. The number of aliphatic hydroxyl groups excluding tert-OH is 1. The Labute approximate surface area is 185 Å². The highest BCUT2D eigenvalue weighted by Gasteiger charge is 2.56. The lowest BCUT2D eigenvalue weighted by Crippen LogP contribution is -2.61. The molecule has 2 aromatic carbocycles. The van der Waals surface area contributed by atoms with Crippen LogP contribution >= 0.6 is 0 Å². The molecular formula is C25H24N3O4+. The first kappa shape index (κ1) is 20.2. The van der Waals surface area contributed by atoms with Crippen LogP contribution in [0.3, 0.4) is 0 Å². The molecule has 3 aromatic rings. The molecule has 7 heteroatoms. The standard InChI is InChI=1S/C25H23N3O4/c1-14(29)22-21-12-20(23(25(31)32)28(21)24(22)30)16-10-15-4-2-3-5-19(15)17(11-16)13-27-8-6-18(26)7-9-27/h2-11,14,21-22,26,29H,12-13H2,1H3,(H,31,32)/p+1/t14-,21+,22+/m0/s1. The van der Waals surface area contributed by atoms with Gasteiger partial charge in [0.2, 0.25) is 5.91 Å². The lowest BCUT2D eigenvalue weighted by atomic mass is 9.82. The number of rotatable bonds is 5. The molecule has 3 atom stereocenters. The van der Waals surface area contributed by atoms with Crippen LogP contribution in [0, 0.1) is 5.92 Å². The summed E-state index contributed by atoms with van der Waals surface area (Å²) in [6, 6.07) is 15.3. The van der Waals surface area contributed by atoms with Crippen LogP contribution in [-0.4, -0.2) is 39.1 Å². The molecule has 3 heterocycles. The summed E-state index contributed by atoms with van der Waals surface area (Å²) in [5, 5.41) is 22.0. The van der Waals surface area contributed by atoms with E-state index in [0.717, 1.165) is 21.9 Å². The normalized spacial score (nSPS) is 20.9. The number of nitrogens with two attached hydrogens (primary N) is 1. The number of anilines is 1. The summed E-state index contributed by atoms with van der Waals surface area (Å²) >= 11 is 0. The van der Waals surface area contributed by atoms with E-state index in [1.807, 2.05) is 65.5 Å². The zero-order valence-corrected chi connectivity index (χ0v) is 17.6. The van der Waals surface area contributed by atoms with Crippen molar-refractivity contribution in [1.82, 2.24) is 4.90 Å². The van der Waals surface area contributed by atoms with Crippen molar-refractivity contribution >= 4 is 33.9 Å². The number of aromatic nitrogens is 1. The van der Waals surface area contributed by atoms with Crippen LogP contribution in [0.2, 0.25) is 0 Å². The van der Waals surface area contributed by atoms with Crippen molar-refractivity contribution in [3.05, 3.63) is 77.7 Å². The zero-order valence-electron chi connectivity index (χ0n) is 17.6. The van der Waals surface area contributed by atoms with Gasteiger partial charge >= 0.3 is 5.97 Å². The molecule has 162 valence electrons. The summed E-state index contributed by atoms with van der Waals surface area (Å²) in [4.78, 5) is 26.1. The number of carbonyl (C=O) groups excluding carboxylic acids is 1. The van der Waals surface area contributed by atoms with Gasteiger partial charge in [0.25, 0.3) is 0 Å². The van der Waals surface area contributed by atoms with E-state index in [4.69, 9.17) is 5.73 Å². The van der Waals surface area contributed by atoms with Crippen molar-refractivity contribution in [3.63, 3.8) is 0 Å². The third-order valence-electron chi connectivity index (χ3n) is 6.50. The Bertz CT molecular complexity index is 1280. The molecule has 32 heavy (non-hydrogen) atoms. The van der Waals surface area contributed by atoms with E-state index < -0.39 is 18.0 Å². The number of carboxylic acid groups (broad SMARTS) is 1. The number of nitrogens with zero attached hydrogens (tertiary/aromatic N) is 2. The van der Waals surface area contributed by atoms with E-state index in [2.05, 4.69) is 0 Å². The molecule has 0 bridgehead atoms. The maximum Gasteiger partial charge on any atom is 0.352 e. The third-order valence-corrected chi connectivity index (χ3v) is 6.50. The van der Waals surface area contributed by atoms with E-state index in [9.17, 15) is 19.8 Å². The molecule has 0 aliphatic carbocycles. The van der Waals surface area contributed by atoms with Gasteiger partial charge in [-0.05, 0) is 47.4 Å². The van der Waals surface area contributed by atoms with Crippen LogP contribution in [0.5, 0.6) is 0 Å². The Kier molecular flexibility index (Phi) is 4.71. The predicted molar refractivity (Wildman–Crippen MR) is 119 cm³/mol. The number of hydrogen-bond acceptors (Lipinski definition) is 4. The molecule has 1 fully saturated rings. The fraction of sp³-hybridized carbons (Fsp3) is 0.240. The molecule has 2 aliphatic heterocycles. The van der Waals surface area contributed by atoms with Crippen LogP contribution in [0.4, 0.5) is 5.69 Å². The number of hydrogen-bond donors (Lipinski definition) is 3. The highest BCUT2D eigenvalue weighted by Crippen LogP contribution is 2.47. The van der Waals surface area contributed by atoms with E-state index in [1.165, 1.54) is 4.90 Å². The number of carbonyl (C=O) groups is 2. The summed E-state index contributed by atoms with van der Waals surface area (Å²) < 4.78 is 2.02. The van der Waals surface area contributed by atoms with E-state index in [1.54, 1.807) is 6.92 Å². The van der Waals surface area contributed by atoms with Crippen molar-refractivity contribution < 1.29 is 24.4 Å². The second kappa shape index (κ2) is 7.46. The van der Waals surface area contributed by atoms with Gasteiger partial charge in [0, 0.05) is 23.4 Å². The first-order chi connectivity index (χ1) is 15.3. The van der Waals surface area contributed by atoms with Gasteiger partial charge in [-0.3, -0.25) is 4.79 Å². The number of carboxylic acids is 1. The van der Waals surface area contributed by atoms with Crippen LogP contribution in [0.25, 0.3) is 16.3 Å². The number of fused-ring (bicyclic) bond motifs is 2. The summed E-state index contributed by atoms with van der Waals surface area (Å²) in [7, 11) is 0. The quantitative estimate of drug-likeness (QED) is 0.425. The number of aliphatic carboxylic acids is 1. The lowest BCUT2D eigenvalue weighted by Gasteiger charge is -2.44. The molecule has 0 unspecified atom stereocenters. The molecule has 7 nitrogen and oxygen atoms in total. The highest BCUT2D eigenvalue weighted by atomic mass is 16.4. The Morgan fingerprint density at radius 1 is 1.22 bits per heavy atom. The Morgan fingerprint density at radius 3 is 2.62 bits per heavy atom. The maximum atomic E-state index is 12.6. The van der Waals surface area contributed by atoms with Crippen molar-refractivity contribution in [2.45, 2.75) is 32.0 Å². The van der Waals surface area contributed by atoms with Gasteiger partial charge in [-0.15, -0.1) is 0 Å². The Morgan fingerprint density at radius 2 is 1.94 bits per heavy atom. The first-order valence-electron chi connectivity index (χ1n) is 10.6. The molecule has 2 aliphatic rings. The fourth-order valence-electron chi connectivity index (χ4n) is 4.99. The molecule has 1 amide bonds. The summed E-state index contributed by atoms with van der Waals surface area (Å²) in [5.74, 6) is -2.01. The molecule has 0 spiro atoms. The van der Waals surface area contributed by atoms with Crippen molar-refractivity contribution in [2.24, 2.45) is 5.92 Å². The molecule has 1 saturated heterocycles. The largest absolute Gasteiger partial charge is 0.477 e. The molecule has 1 aromatic heterocycles. The molecular weight excluding hydrogens is 406 g/mol. The van der Waals surface area contributed by atoms with E-state index >= 15 is 0 Å². The number of pyridine rings is 1. The molecule has 4 N–H and O–H groups in total. The van der Waals surface area contributed by atoms with E-state index in [0.29, 0.717) is 24.2 Å². The highest BCUT2D eigenvalue weighted by molar-refractivity contribution is 6.06. The Balaban J connectivity index is 1.62. The summed E-state index contributed by atoms with van der Waals surface area (Å²) in [6.07, 6.45) is 3.42. The van der Waals surface area contributed by atoms with Gasteiger partial charge in [0.1, 0.15) is 5.70 Å². The van der Waals surface area contributed by atoms with Crippen LogP contribution < -0.4 is 10.3 Å². The second-order valence-electron chi connectivity index (χ2n) is 8.54. The van der Waals surface area contributed by atoms with Gasteiger partial charge in [-0.25, -0.2) is 9.36 Å². The lowest BCUT2D eigenvalue weighted by molar-refractivity contribution is -0.688. The SMILES string of the molecule is C[C@H](O)[C@H]1C(=O)N2C(C(=O)O)=C(c3cc(C[n+]4ccc(N)cc4)c4ccccc4c3)C[C@H]12. The van der Waals surface area contributed by atoms with Crippen molar-refractivity contribution in [3.8, 4) is 0 Å². The molecule has 0 saturated carbocycles. The zero-order chi connectivity index (χ0) is 22.6. The minimum Gasteiger partial charge on any atom is -0.477 e. The minimum absolute atomic E-state index is 0.0262. The third kappa shape index (κ3) is 3.13. The number of nitrogen functional groups attached to an aromatic ring is 1. The van der Waals surface area contributed by atoms with Crippen LogP contribution in [-0.2, 0) is 16.1 Å². The average molecular weight is 430 g/mol. The number of aliphatic hydroxyl groups is 1. The van der Waals surface area contributed by atoms with Gasteiger partial charge in [0.15, 0.2) is 18.9 Å². The molecule has 5 rings (SSSR count). The van der Waals surface area contributed by atoms with Gasteiger partial charge in [-0.2, -0.15) is 0 Å². The minimum atomic E-state index is -1.12. The smallest absolute Gasteiger partial charge is 0.352 e. The summed E-state index contributed by atoms with van der Waals surface area (Å²) in [6.45, 7) is 2.17. The molecule has 0 radical (unpaired) electrons. The number of amides is 1. The number of benzene rings is 2. The number of β-lactam (4-membered cyclic amide) rings is 1. The van der Waals surface area contributed by atoms with Gasteiger partial charge < -0.3 is 20.8 Å². The second-order valence-corrected chi connectivity index (χ2v) is 8.54. The van der Waals surface area contributed by atoms with Crippen molar-refractivity contribution in [2.75, 3.05) is 5.73 Å². The Hall–Kier alpha value is -3.71. The van der Waals surface area contributed by atoms with Crippen LogP contribution in [0.15, 0.2) is 66.6 Å². The topological polar surface area (TPSA) is 108 Å². The van der Waals surface area contributed by atoms with Gasteiger partial charge in [-0.1, -0.05) is 24.3 Å². The monoisotopic (exact) mass is 430 g/mol.